The van der Waals surface area contributed by atoms with Crippen molar-refractivity contribution in [3.63, 3.8) is 0 Å². The molecule has 18 heavy (non-hydrogen) atoms. The molecule has 1 amide bonds. The van der Waals surface area contributed by atoms with Gasteiger partial charge in [-0.1, -0.05) is 0 Å². The first-order valence-corrected chi connectivity index (χ1v) is 5.05. The molecule has 8 heteroatoms. The molecule has 0 aliphatic rings. The number of nitrogens with one attached hydrogen (secondary N) is 1. The van der Waals surface area contributed by atoms with Gasteiger partial charge in [0.2, 0.25) is 0 Å². The Balaban J connectivity index is 2.26. The van der Waals surface area contributed by atoms with Crippen LogP contribution in [0.1, 0.15) is 20.8 Å². The van der Waals surface area contributed by atoms with Crippen molar-refractivity contribution in [3.05, 3.63) is 29.7 Å². The highest BCUT2D eigenvalue weighted by Gasteiger charge is 2.21. The number of carboxylic acids is 1. The number of aromatic carboxylic acids is 1. The molecule has 0 aliphatic heterocycles. The fourth-order valence-electron chi connectivity index (χ4n) is 1.47. The van der Waals surface area contributed by atoms with Gasteiger partial charge in [-0.25, -0.2) is 4.79 Å². The standard InChI is InChI=1S/C10H11N5O3/c1-14-4-3-7(12-14)11-9(16)8-6(10(17)18)5-15(2)13-8/h3-5H,1-2H3,(H,17,18)(H,11,12,16). The quantitative estimate of drug-likeness (QED) is 0.803. The monoisotopic (exact) mass is 249 g/mol. The van der Waals surface area contributed by atoms with Crippen molar-refractivity contribution in [3.8, 4) is 0 Å². The Kier molecular flexibility index (Phi) is 2.84. The van der Waals surface area contributed by atoms with Crippen LogP contribution in [0.2, 0.25) is 0 Å². The first kappa shape index (κ1) is 11.8. The van der Waals surface area contributed by atoms with Crippen LogP contribution in [0.3, 0.4) is 0 Å². The molecule has 8 nitrogen and oxygen atoms in total. The summed E-state index contributed by atoms with van der Waals surface area (Å²) in [7, 11) is 3.25. The summed E-state index contributed by atoms with van der Waals surface area (Å²) in [5, 5.41) is 19.2. The molecule has 0 fully saturated rings. The zero-order valence-corrected chi connectivity index (χ0v) is 9.78. The number of amides is 1. The van der Waals surface area contributed by atoms with Crippen molar-refractivity contribution < 1.29 is 14.7 Å². The summed E-state index contributed by atoms with van der Waals surface area (Å²) in [6.07, 6.45) is 2.93. The minimum Gasteiger partial charge on any atom is -0.478 e. The molecule has 0 bridgehead atoms. The van der Waals surface area contributed by atoms with Gasteiger partial charge in [0.15, 0.2) is 11.5 Å². The Labute approximate surface area is 102 Å². The average Bonchev–Trinajstić information content (AvgIpc) is 2.85. The summed E-state index contributed by atoms with van der Waals surface area (Å²) in [6.45, 7) is 0. The minimum atomic E-state index is -1.20. The molecule has 0 aliphatic carbocycles. The Morgan fingerprint density at radius 3 is 2.56 bits per heavy atom. The molecule has 0 unspecified atom stereocenters. The number of carboxylic acid groups (broad SMARTS) is 1. The van der Waals surface area contributed by atoms with Crippen LogP contribution in [0.5, 0.6) is 0 Å². The molecule has 0 radical (unpaired) electrons. The summed E-state index contributed by atoms with van der Waals surface area (Å²) in [4.78, 5) is 22.8. The Morgan fingerprint density at radius 2 is 2.00 bits per heavy atom. The molecular weight excluding hydrogens is 238 g/mol. The highest BCUT2D eigenvalue weighted by Crippen LogP contribution is 2.09. The van der Waals surface area contributed by atoms with E-state index in [9.17, 15) is 9.59 Å². The maximum atomic E-state index is 11.9. The lowest BCUT2D eigenvalue weighted by atomic mass is 10.2. The SMILES string of the molecule is Cn1ccc(NC(=O)c2nn(C)cc2C(=O)O)n1. The molecule has 0 saturated carbocycles. The van der Waals surface area contributed by atoms with Gasteiger partial charge in [-0.2, -0.15) is 10.2 Å². The maximum absolute atomic E-state index is 11.9. The summed E-state index contributed by atoms with van der Waals surface area (Å²) in [5.41, 5.74) is -0.290. The smallest absolute Gasteiger partial charge is 0.339 e. The van der Waals surface area contributed by atoms with E-state index in [1.165, 1.54) is 15.6 Å². The van der Waals surface area contributed by atoms with Gasteiger partial charge in [0, 0.05) is 32.6 Å². The van der Waals surface area contributed by atoms with Crippen molar-refractivity contribution >= 4 is 17.7 Å². The lowest BCUT2D eigenvalue weighted by molar-refractivity contribution is 0.0692. The molecular formula is C10H11N5O3. The Bertz CT molecular complexity index is 613. The normalized spacial score (nSPS) is 10.3. The third kappa shape index (κ3) is 2.21. The number of carbonyl (C=O) groups excluding carboxylic acids is 1. The number of hydrogen-bond donors (Lipinski definition) is 2. The topological polar surface area (TPSA) is 102 Å². The number of aromatic nitrogens is 4. The van der Waals surface area contributed by atoms with E-state index in [4.69, 9.17) is 5.11 Å². The van der Waals surface area contributed by atoms with Crippen LogP contribution in [-0.2, 0) is 14.1 Å². The molecule has 2 heterocycles. The lowest BCUT2D eigenvalue weighted by Gasteiger charge is -1.99. The van der Waals surface area contributed by atoms with Crippen LogP contribution in [0.25, 0.3) is 0 Å². The molecule has 0 spiro atoms. The Morgan fingerprint density at radius 1 is 1.28 bits per heavy atom. The molecule has 2 aromatic heterocycles. The number of nitrogens with zero attached hydrogens (tertiary/aromatic N) is 4. The molecule has 0 aromatic carbocycles. The first-order valence-electron chi connectivity index (χ1n) is 5.05. The van der Waals surface area contributed by atoms with E-state index in [1.54, 1.807) is 26.4 Å². The number of aryl methyl sites for hydroxylation is 2. The highest BCUT2D eigenvalue weighted by atomic mass is 16.4. The van der Waals surface area contributed by atoms with E-state index in [1.807, 2.05) is 0 Å². The van der Waals surface area contributed by atoms with E-state index in [0.717, 1.165) is 0 Å². The highest BCUT2D eigenvalue weighted by molar-refractivity contribution is 6.08. The first-order chi connectivity index (χ1) is 8.47. The van der Waals surface area contributed by atoms with Crippen molar-refractivity contribution in [2.45, 2.75) is 0 Å². The van der Waals surface area contributed by atoms with Crippen LogP contribution < -0.4 is 5.32 Å². The second kappa shape index (κ2) is 4.32. The van der Waals surface area contributed by atoms with E-state index in [0.29, 0.717) is 5.82 Å². The summed E-state index contributed by atoms with van der Waals surface area (Å²) in [6, 6.07) is 1.60. The van der Waals surface area contributed by atoms with E-state index in [-0.39, 0.29) is 11.3 Å². The maximum Gasteiger partial charge on any atom is 0.339 e. The second-order valence-corrected chi connectivity index (χ2v) is 3.70. The van der Waals surface area contributed by atoms with E-state index < -0.39 is 11.9 Å². The zero-order chi connectivity index (χ0) is 13.3. The van der Waals surface area contributed by atoms with Crippen LogP contribution in [-0.4, -0.2) is 36.5 Å². The largest absolute Gasteiger partial charge is 0.478 e. The summed E-state index contributed by atoms with van der Waals surface area (Å²) in [5.74, 6) is -1.47. The summed E-state index contributed by atoms with van der Waals surface area (Å²) >= 11 is 0. The van der Waals surface area contributed by atoms with Gasteiger partial charge in [0.05, 0.1) is 0 Å². The van der Waals surface area contributed by atoms with Crippen molar-refractivity contribution in [2.24, 2.45) is 14.1 Å². The third-order valence-corrected chi connectivity index (χ3v) is 2.23. The fraction of sp³-hybridized carbons (Fsp3) is 0.200. The summed E-state index contributed by atoms with van der Waals surface area (Å²) < 4.78 is 2.79. The molecule has 0 saturated heterocycles. The average molecular weight is 249 g/mol. The van der Waals surface area contributed by atoms with E-state index in [2.05, 4.69) is 15.5 Å². The molecule has 94 valence electrons. The molecule has 2 N–H and O–H groups in total. The minimum absolute atomic E-state index is 0.143. The zero-order valence-electron chi connectivity index (χ0n) is 9.78. The van der Waals surface area contributed by atoms with Crippen LogP contribution in [0.4, 0.5) is 5.82 Å². The number of carbonyl (C=O) groups is 2. The van der Waals surface area contributed by atoms with Gasteiger partial charge < -0.3 is 10.4 Å². The number of hydrogen-bond acceptors (Lipinski definition) is 4. The van der Waals surface area contributed by atoms with Crippen LogP contribution in [0.15, 0.2) is 18.5 Å². The molecule has 2 aromatic rings. The third-order valence-electron chi connectivity index (χ3n) is 2.23. The van der Waals surface area contributed by atoms with Crippen LogP contribution in [0, 0.1) is 0 Å². The van der Waals surface area contributed by atoms with Gasteiger partial charge in [0.1, 0.15) is 5.56 Å². The number of rotatable bonds is 3. The van der Waals surface area contributed by atoms with Crippen LogP contribution >= 0.6 is 0 Å². The van der Waals surface area contributed by atoms with Crippen molar-refractivity contribution in [2.75, 3.05) is 5.32 Å². The molecule has 0 atom stereocenters. The van der Waals surface area contributed by atoms with Crippen molar-refractivity contribution in [1.82, 2.24) is 19.6 Å². The van der Waals surface area contributed by atoms with Crippen molar-refractivity contribution in [1.29, 1.82) is 0 Å². The van der Waals surface area contributed by atoms with E-state index >= 15 is 0 Å². The van der Waals surface area contributed by atoms with Gasteiger partial charge in [-0.3, -0.25) is 14.2 Å². The molecule has 2 rings (SSSR count). The Hall–Kier alpha value is -2.64. The van der Waals surface area contributed by atoms with Gasteiger partial charge >= 0.3 is 5.97 Å². The lowest BCUT2D eigenvalue weighted by Crippen LogP contribution is -2.16. The predicted molar refractivity (Wildman–Crippen MR) is 61.3 cm³/mol. The van der Waals surface area contributed by atoms with Gasteiger partial charge in [-0.05, 0) is 0 Å². The van der Waals surface area contributed by atoms with Gasteiger partial charge in [0.25, 0.3) is 5.91 Å². The number of anilines is 1. The predicted octanol–water partition coefficient (Wildman–Crippen LogP) is 0.104. The fourth-order valence-corrected chi connectivity index (χ4v) is 1.47. The van der Waals surface area contributed by atoms with Gasteiger partial charge in [-0.15, -0.1) is 0 Å². The second-order valence-electron chi connectivity index (χ2n) is 3.70.